The molecule has 0 saturated carbocycles. The van der Waals surface area contributed by atoms with Crippen LogP contribution in [-0.4, -0.2) is 35.6 Å². The number of fused-ring (bicyclic) bond motifs is 1. The molecule has 1 aliphatic rings. The lowest BCUT2D eigenvalue weighted by Gasteiger charge is -2.37. The van der Waals surface area contributed by atoms with E-state index in [0.717, 1.165) is 30.3 Å². The number of anilines is 1. The third-order valence-corrected chi connectivity index (χ3v) is 4.89. The molecule has 1 saturated heterocycles. The van der Waals surface area contributed by atoms with E-state index in [0.29, 0.717) is 12.0 Å². The van der Waals surface area contributed by atoms with Gasteiger partial charge in [0.1, 0.15) is 17.0 Å². The quantitative estimate of drug-likeness (QED) is 0.920. The summed E-state index contributed by atoms with van der Waals surface area (Å²) in [4.78, 5) is 12.6. The van der Waals surface area contributed by atoms with Gasteiger partial charge in [-0.1, -0.05) is 13.8 Å². The second-order valence-corrected chi connectivity index (χ2v) is 7.13. The molecule has 2 aromatic rings. The first-order chi connectivity index (χ1) is 10.3. The predicted octanol–water partition coefficient (Wildman–Crippen LogP) is 3.30. The van der Waals surface area contributed by atoms with E-state index in [-0.39, 0.29) is 0 Å². The van der Waals surface area contributed by atoms with E-state index < -0.39 is 0 Å². The molecule has 0 radical (unpaired) electrons. The number of piperidine rings is 1. The number of nitrogens with one attached hydrogen (secondary N) is 1. The zero-order valence-corrected chi connectivity index (χ0v) is 13.7. The van der Waals surface area contributed by atoms with E-state index in [1.807, 2.05) is 0 Å². The van der Waals surface area contributed by atoms with E-state index >= 15 is 0 Å². The van der Waals surface area contributed by atoms with Crippen LogP contribution in [0.4, 0.5) is 5.82 Å². The third kappa shape index (κ3) is 3.35. The summed E-state index contributed by atoms with van der Waals surface area (Å²) in [6, 6.07) is 2.71. The van der Waals surface area contributed by atoms with Crippen LogP contribution in [-0.2, 0) is 0 Å². The fourth-order valence-electron chi connectivity index (χ4n) is 3.04. The Labute approximate surface area is 130 Å². The van der Waals surface area contributed by atoms with Gasteiger partial charge in [0, 0.05) is 19.1 Å². The summed E-state index contributed by atoms with van der Waals surface area (Å²) < 4.78 is 0. The number of thiophene rings is 1. The van der Waals surface area contributed by atoms with Gasteiger partial charge in [-0.2, -0.15) is 0 Å². The Morgan fingerprint density at radius 2 is 2.29 bits per heavy atom. The lowest BCUT2D eigenvalue weighted by atomic mass is 10.0. The minimum atomic E-state index is 0.551. The van der Waals surface area contributed by atoms with Crippen LogP contribution in [0.2, 0.25) is 0 Å². The van der Waals surface area contributed by atoms with Crippen molar-refractivity contribution in [3.63, 3.8) is 0 Å². The van der Waals surface area contributed by atoms with E-state index in [1.54, 1.807) is 17.7 Å². The van der Waals surface area contributed by atoms with Crippen LogP contribution in [0.3, 0.4) is 0 Å². The van der Waals surface area contributed by atoms with E-state index in [1.165, 1.54) is 24.6 Å². The molecule has 3 heterocycles. The molecular weight excluding hydrogens is 280 g/mol. The highest BCUT2D eigenvalue weighted by molar-refractivity contribution is 7.16. The summed E-state index contributed by atoms with van der Waals surface area (Å²) in [5, 5.41) is 6.93. The molecule has 1 unspecified atom stereocenters. The van der Waals surface area contributed by atoms with Crippen molar-refractivity contribution in [2.75, 3.05) is 24.5 Å². The van der Waals surface area contributed by atoms with Crippen molar-refractivity contribution >= 4 is 27.4 Å². The Hall–Kier alpha value is -1.20. The fourth-order valence-corrected chi connectivity index (χ4v) is 3.76. The lowest BCUT2D eigenvalue weighted by Crippen LogP contribution is -2.46. The van der Waals surface area contributed by atoms with Gasteiger partial charge < -0.3 is 10.2 Å². The molecule has 3 rings (SSSR count). The Kier molecular flexibility index (Phi) is 4.70. The summed E-state index contributed by atoms with van der Waals surface area (Å²) >= 11 is 1.70. The van der Waals surface area contributed by atoms with Crippen molar-refractivity contribution in [2.24, 2.45) is 5.92 Å². The summed E-state index contributed by atoms with van der Waals surface area (Å²) in [5.41, 5.74) is 0. The van der Waals surface area contributed by atoms with E-state index in [4.69, 9.17) is 0 Å². The van der Waals surface area contributed by atoms with Crippen molar-refractivity contribution in [1.82, 2.24) is 15.3 Å². The molecular formula is C16H24N4S. The second-order valence-electron chi connectivity index (χ2n) is 6.23. The maximum absolute atomic E-state index is 4.59. The van der Waals surface area contributed by atoms with Crippen molar-refractivity contribution < 1.29 is 0 Å². The van der Waals surface area contributed by atoms with Gasteiger partial charge in [-0.05, 0) is 43.2 Å². The van der Waals surface area contributed by atoms with Crippen LogP contribution in [0, 0.1) is 5.92 Å². The van der Waals surface area contributed by atoms with Gasteiger partial charge in [0.2, 0.25) is 0 Å². The predicted molar refractivity (Wildman–Crippen MR) is 90.1 cm³/mol. The van der Waals surface area contributed by atoms with Gasteiger partial charge in [-0.15, -0.1) is 11.3 Å². The fraction of sp³-hybridized carbons (Fsp3) is 0.625. The lowest BCUT2D eigenvalue weighted by molar-refractivity contribution is 0.421. The Balaban J connectivity index is 1.79. The molecule has 21 heavy (non-hydrogen) atoms. The van der Waals surface area contributed by atoms with Crippen LogP contribution in [0.5, 0.6) is 0 Å². The number of nitrogens with zero attached hydrogens (tertiary/aromatic N) is 3. The minimum Gasteiger partial charge on any atom is -0.352 e. The molecule has 1 fully saturated rings. The summed E-state index contributed by atoms with van der Waals surface area (Å²) in [6.07, 6.45) is 5.54. The van der Waals surface area contributed by atoms with E-state index in [9.17, 15) is 0 Å². The van der Waals surface area contributed by atoms with Crippen LogP contribution < -0.4 is 10.2 Å². The van der Waals surface area contributed by atoms with Crippen molar-refractivity contribution in [2.45, 2.75) is 39.2 Å². The first-order valence-electron chi connectivity index (χ1n) is 7.91. The van der Waals surface area contributed by atoms with E-state index in [2.05, 4.69) is 45.5 Å². The van der Waals surface area contributed by atoms with Gasteiger partial charge in [-0.25, -0.2) is 9.97 Å². The van der Waals surface area contributed by atoms with Gasteiger partial charge >= 0.3 is 0 Å². The highest BCUT2D eigenvalue weighted by Gasteiger charge is 2.25. The molecule has 4 nitrogen and oxygen atoms in total. The largest absolute Gasteiger partial charge is 0.352 e. The first-order valence-corrected chi connectivity index (χ1v) is 8.79. The highest BCUT2D eigenvalue weighted by Crippen LogP contribution is 2.30. The molecule has 114 valence electrons. The minimum absolute atomic E-state index is 0.551. The monoisotopic (exact) mass is 304 g/mol. The van der Waals surface area contributed by atoms with Gasteiger partial charge in [0.05, 0.1) is 5.39 Å². The zero-order chi connectivity index (χ0) is 14.7. The SMILES string of the molecule is CC(C)CNCC1CCCCN1c1ncnc2sccc12. The summed E-state index contributed by atoms with van der Waals surface area (Å²) in [7, 11) is 0. The van der Waals surface area contributed by atoms with Gasteiger partial charge in [-0.3, -0.25) is 0 Å². The Morgan fingerprint density at radius 1 is 1.38 bits per heavy atom. The zero-order valence-electron chi connectivity index (χ0n) is 12.9. The third-order valence-electron chi connectivity index (χ3n) is 4.07. The number of hydrogen-bond acceptors (Lipinski definition) is 5. The molecule has 1 aliphatic heterocycles. The molecule has 2 aromatic heterocycles. The molecule has 0 amide bonds. The summed E-state index contributed by atoms with van der Waals surface area (Å²) in [5.74, 6) is 1.82. The topological polar surface area (TPSA) is 41.0 Å². The van der Waals surface area contributed by atoms with Crippen LogP contribution in [0.1, 0.15) is 33.1 Å². The van der Waals surface area contributed by atoms with Gasteiger partial charge in [0.25, 0.3) is 0 Å². The molecule has 0 bridgehead atoms. The summed E-state index contributed by atoms with van der Waals surface area (Å²) in [6.45, 7) is 7.75. The normalized spacial score (nSPS) is 19.6. The molecule has 0 aliphatic carbocycles. The molecule has 0 aromatic carbocycles. The highest BCUT2D eigenvalue weighted by atomic mass is 32.1. The van der Waals surface area contributed by atoms with Crippen LogP contribution >= 0.6 is 11.3 Å². The van der Waals surface area contributed by atoms with Crippen molar-refractivity contribution in [1.29, 1.82) is 0 Å². The van der Waals surface area contributed by atoms with Crippen LogP contribution in [0.25, 0.3) is 10.2 Å². The molecule has 1 N–H and O–H groups in total. The maximum Gasteiger partial charge on any atom is 0.141 e. The smallest absolute Gasteiger partial charge is 0.141 e. The molecule has 0 spiro atoms. The molecule has 5 heteroatoms. The average Bonchev–Trinajstić information content (AvgIpc) is 2.96. The van der Waals surface area contributed by atoms with Crippen LogP contribution in [0.15, 0.2) is 17.8 Å². The Morgan fingerprint density at radius 3 is 3.14 bits per heavy atom. The van der Waals surface area contributed by atoms with Crippen molar-refractivity contribution in [3.8, 4) is 0 Å². The first kappa shape index (κ1) is 14.7. The van der Waals surface area contributed by atoms with Gasteiger partial charge in [0.15, 0.2) is 0 Å². The standard InChI is InChI=1S/C16H24N4S/c1-12(2)9-17-10-13-5-3-4-7-20(13)15-14-6-8-21-16(14)19-11-18-15/h6,8,11-13,17H,3-5,7,9-10H2,1-2H3. The average molecular weight is 304 g/mol. The number of rotatable bonds is 5. The Bertz CT molecular complexity index is 580. The maximum atomic E-state index is 4.59. The number of hydrogen-bond donors (Lipinski definition) is 1. The van der Waals surface area contributed by atoms with Crippen molar-refractivity contribution in [3.05, 3.63) is 17.8 Å². The molecule has 1 atom stereocenters. The second kappa shape index (κ2) is 6.71. The number of aromatic nitrogens is 2.